The molecule has 0 bridgehead atoms. The van der Waals surface area contributed by atoms with Crippen LogP contribution in [-0.4, -0.2) is 34.2 Å². The molecule has 1 aromatic carbocycles. The zero-order valence-electron chi connectivity index (χ0n) is 11.6. The molecule has 0 fully saturated rings. The third-order valence-corrected chi connectivity index (χ3v) is 6.07. The number of nitrogens with zero attached hydrogens (tertiary/aromatic N) is 1. The van der Waals surface area contributed by atoms with Gasteiger partial charge >= 0.3 is 17.9 Å². The molecule has 0 amide bonds. The Labute approximate surface area is 123 Å². The Morgan fingerprint density at radius 2 is 1.81 bits per heavy atom. The molecule has 1 aromatic rings. The topological polar surface area (TPSA) is 91.3 Å². The third-order valence-electron chi connectivity index (χ3n) is 3.04. The van der Waals surface area contributed by atoms with E-state index in [1.807, 2.05) is 30.3 Å². The minimum absolute atomic E-state index is 0.144. The summed E-state index contributed by atoms with van der Waals surface area (Å²) in [7, 11) is -5.47. The van der Waals surface area contributed by atoms with Crippen molar-refractivity contribution >= 4 is 23.6 Å². The van der Waals surface area contributed by atoms with Crippen LogP contribution in [0.5, 0.6) is 0 Å². The van der Waals surface area contributed by atoms with Crippen molar-refractivity contribution in [1.29, 1.82) is 0 Å². The first-order chi connectivity index (χ1) is 9.90. The SMILES string of the molecule is COP(=O)(OC)C1OS(=O)(=O)N=C1CCc1ccccc1. The predicted octanol–water partition coefficient (Wildman–Crippen LogP) is 2.15. The van der Waals surface area contributed by atoms with Crippen LogP contribution in [-0.2, 0) is 34.5 Å². The number of hydrogen-bond donors (Lipinski definition) is 0. The van der Waals surface area contributed by atoms with Gasteiger partial charge in [0.15, 0.2) is 0 Å². The van der Waals surface area contributed by atoms with Gasteiger partial charge in [-0.25, -0.2) is 4.18 Å². The highest BCUT2D eigenvalue weighted by atomic mass is 32.2. The highest BCUT2D eigenvalue weighted by Gasteiger charge is 2.46. The molecule has 0 radical (unpaired) electrons. The summed E-state index contributed by atoms with van der Waals surface area (Å²) < 4.78 is 53.2. The van der Waals surface area contributed by atoms with Crippen molar-refractivity contribution < 1.29 is 26.2 Å². The first-order valence-corrected chi connectivity index (χ1v) is 9.15. The average Bonchev–Trinajstić information content (AvgIpc) is 2.81. The van der Waals surface area contributed by atoms with E-state index in [1.54, 1.807) is 0 Å². The lowest BCUT2D eigenvalue weighted by Crippen LogP contribution is -2.21. The van der Waals surface area contributed by atoms with E-state index in [0.29, 0.717) is 6.42 Å². The van der Waals surface area contributed by atoms with E-state index in [9.17, 15) is 13.0 Å². The first-order valence-electron chi connectivity index (χ1n) is 6.17. The molecule has 1 heterocycles. The fraction of sp³-hybridized carbons (Fsp3) is 0.417. The normalized spacial score (nSPS) is 21.2. The van der Waals surface area contributed by atoms with Crippen LogP contribution in [0, 0.1) is 0 Å². The Kier molecular flexibility index (Phi) is 4.95. The van der Waals surface area contributed by atoms with Gasteiger partial charge in [0, 0.05) is 14.2 Å². The summed E-state index contributed by atoms with van der Waals surface area (Å²) in [5.41, 5.74) is 1.15. The zero-order valence-corrected chi connectivity index (χ0v) is 13.3. The van der Waals surface area contributed by atoms with Gasteiger partial charge in [0.05, 0.1) is 5.71 Å². The molecule has 1 unspecified atom stereocenters. The zero-order chi connectivity index (χ0) is 15.5. The molecule has 0 aliphatic carbocycles. The Balaban J connectivity index is 2.20. The minimum atomic E-state index is -4.10. The van der Waals surface area contributed by atoms with E-state index in [0.717, 1.165) is 5.56 Å². The molecular weight excluding hydrogens is 317 g/mol. The summed E-state index contributed by atoms with van der Waals surface area (Å²) in [6.07, 6.45) is 0.826. The highest BCUT2D eigenvalue weighted by Crippen LogP contribution is 2.55. The van der Waals surface area contributed by atoms with Crippen molar-refractivity contribution in [3.8, 4) is 0 Å². The van der Waals surface area contributed by atoms with Gasteiger partial charge in [0.2, 0.25) is 5.85 Å². The van der Waals surface area contributed by atoms with Crippen molar-refractivity contribution in [1.82, 2.24) is 0 Å². The molecule has 0 spiro atoms. The molecule has 1 aliphatic rings. The molecular formula is C12H16NO6PS. The minimum Gasteiger partial charge on any atom is -0.310 e. The quantitative estimate of drug-likeness (QED) is 0.741. The standard InChI is InChI=1S/C12H16NO6PS/c1-17-20(14,18-2)12-11(13-21(15,16)19-12)9-8-10-6-4-3-5-7-10/h3-7,12H,8-9H2,1-2H3. The van der Waals surface area contributed by atoms with Gasteiger partial charge < -0.3 is 9.05 Å². The van der Waals surface area contributed by atoms with Crippen LogP contribution in [0.3, 0.4) is 0 Å². The smallest absolute Gasteiger partial charge is 0.310 e. The van der Waals surface area contributed by atoms with E-state index in [2.05, 4.69) is 4.40 Å². The van der Waals surface area contributed by atoms with Gasteiger partial charge in [0.1, 0.15) is 0 Å². The molecule has 21 heavy (non-hydrogen) atoms. The molecule has 1 atom stereocenters. The van der Waals surface area contributed by atoms with E-state index < -0.39 is 23.7 Å². The monoisotopic (exact) mass is 333 g/mol. The third kappa shape index (κ3) is 3.78. The first kappa shape index (κ1) is 16.3. The molecule has 116 valence electrons. The van der Waals surface area contributed by atoms with Gasteiger partial charge in [0.25, 0.3) is 0 Å². The van der Waals surface area contributed by atoms with Crippen LogP contribution in [0.25, 0.3) is 0 Å². The van der Waals surface area contributed by atoms with Crippen molar-refractivity contribution in [2.75, 3.05) is 14.2 Å². The molecule has 0 saturated heterocycles. The summed E-state index contributed by atoms with van der Waals surface area (Å²) in [6, 6.07) is 9.46. The second-order valence-corrected chi connectivity index (χ2v) is 7.86. The predicted molar refractivity (Wildman–Crippen MR) is 77.6 cm³/mol. The number of hydrogen-bond acceptors (Lipinski definition) is 6. The van der Waals surface area contributed by atoms with Crippen LogP contribution in [0.1, 0.15) is 12.0 Å². The molecule has 2 rings (SSSR count). The van der Waals surface area contributed by atoms with Crippen molar-refractivity contribution in [3.05, 3.63) is 35.9 Å². The number of rotatable bonds is 6. The fourth-order valence-corrected chi connectivity index (χ4v) is 4.74. The fourth-order valence-electron chi connectivity index (χ4n) is 1.97. The summed E-state index contributed by atoms with van der Waals surface area (Å²) in [4.78, 5) is 0. The van der Waals surface area contributed by atoms with Crippen LogP contribution in [0.2, 0.25) is 0 Å². The summed E-state index contributed by atoms with van der Waals surface area (Å²) in [5, 5.41) is 0. The molecule has 0 aromatic heterocycles. The Morgan fingerprint density at radius 1 is 1.19 bits per heavy atom. The van der Waals surface area contributed by atoms with Crippen LogP contribution < -0.4 is 0 Å². The van der Waals surface area contributed by atoms with Gasteiger partial charge in [-0.05, 0) is 18.4 Å². The van der Waals surface area contributed by atoms with Gasteiger partial charge in [-0.3, -0.25) is 4.57 Å². The van der Waals surface area contributed by atoms with E-state index >= 15 is 0 Å². The van der Waals surface area contributed by atoms with E-state index in [1.165, 1.54) is 14.2 Å². The Hall–Kier alpha value is -1.05. The molecule has 0 N–H and O–H groups in total. The second-order valence-electron chi connectivity index (χ2n) is 4.35. The maximum Gasteiger partial charge on any atom is 0.382 e. The summed E-state index contributed by atoms with van der Waals surface area (Å²) in [6.45, 7) is 0. The van der Waals surface area contributed by atoms with E-state index in [-0.39, 0.29) is 12.1 Å². The van der Waals surface area contributed by atoms with Crippen LogP contribution >= 0.6 is 7.60 Å². The Bertz CT molecular complexity index is 664. The lowest BCUT2D eigenvalue weighted by molar-refractivity contribution is 0.226. The maximum atomic E-state index is 12.3. The largest absolute Gasteiger partial charge is 0.382 e. The van der Waals surface area contributed by atoms with Crippen molar-refractivity contribution in [2.24, 2.45) is 4.40 Å². The average molecular weight is 333 g/mol. The van der Waals surface area contributed by atoms with Gasteiger partial charge in [-0.2, -0.15) is 8.42 Å². The molecule has 7 nitrogen and oxygen atoms in total. The molecule has 9 heteroatoms. The number of benzene rings is 1. The van der Waals surface area contributed by atoms with Gasteiger partial charge in [-0.15, -0.1) is 4.40 Å². The van der Waals surface area contributed by atoms with Crippen molar-refractivity contribution in [2.45, 2.75) is 18.7 Å². The lowest BCUT2D eigenvalue weighted by Gasteiger charge is -2.19. The summed E-state index contributed by atoms with van der Waals surface area (Å²) in [5.74, 6) is -1.32. The van der Waals surface area contributed by atoms with Gasteiger partial charge in [-0.1, -0.05) is 30.3 Å². The second kappa shape index (κ2) is 6.37. The lowest BCUT2D eigenvalue weighted by atomic mass is 10.1. The maximum absolute atomic E-state index is 12.3. The summed E-state index contributed by atoms with van der Waals surface area (Å²) >= 11 is 0. The van der Waals surface area contributed by atoms with Crippen molar-refractivity contribution in [3.63, 3.8) is 0 Å². The van der Waals surface area contributed by atoms with Crippen LogP contribution in [0.15, 0.2) is 34.7 Å². The molecule has 1 aliphatic heterocycles. The number of aryl methyl sites for hydroxylation is 1. The van der Waals surface area contributed by atoms with E-state index in [4.69, 9.17) is 13.2 Å². The highest BCUT2D eigenvalue weighted by molar-refractivity contribution is 7.86. The Morgan fingerprint density at radius 3 is 2.38 bits per heavy atom. The van der Waals surface area contributed by atoms with Crippen LogP contribution in [0.4, 0.5) is 0 Å². The molecule has 0 saturated carbocycles.